The lowest BCUT2D eigenvalue weighted by atomic mass is 10.0. The molecule has 0 saturated heterocycles. The van der Waals surface area contributed by atoms with Crippen molar-refractivity contribution in [3.63, 3.8) is 0 Å². The number of hydrogen-bond donors (Lipinski definition) is 2. The van der Waals surface area contributed by atoms with E-state index in [2.05, 4.69) is 15.3 Å². The molecule has 2 aromatic carbocycles. The molecule has 5 heteroatoms. The van der Waals surface area contributed by atoms with Gasteiger partial charge in [0.05, 0.1) is 5.56 Å². The molecular weight excluding hydrogens is 346 g/mol. The predicted molar refractivity (Wildman–Crippen MR) is 105 cm³/mol. The number of carbonyl (C=O) groups excluding carboxylic acids is 1. The van der Waals surface area contributed by atoms with E-state index in [-0.39, 0.29) is 5.78 Å². The number of hydrogen-bond acceptors (Lipinski definition) is 3. The highest BCUT2D eigenvalue weighted by atomic mass is 35.5. The molecule has 2 aromatic heterocycles. The van der Waals surface area contributed by atoms with Crippen molar-refractivity contribution < 1.29 is 4.79 Å². The number of anilines is 1. The molecule has 4 aromatic rings. The zero-order valence-corrected chi connectivity index (χ0v) is 14.6. The van der Waals surface area contributed by atoms with Gasteiger partial charge in [-0.05, 0) is 35.9 Å². The summed E-state index contributed by atoms with van der Waals surface area (Å²) in [5, 5.41) is 4.67. The predicted octanol–water partition coefficient (Wildman–Crippen LogP) is 5.06. The zero-order chi connectivity index (χ0) is 17.9. The lowest BCUT2D eigenvalue weighted by molar-refractivity contribution is 0.104. The molecule has 128 valence electrons. The Morgan fingerprint density at radius 3 is 2.73 bits per heavy atom. The second-order valence-corrected chi connectivity index (χ2v) is 6.40. The third-order valence-corrected chi connectivity index (χ3v) is 4.48. The van der Waals surface area contributed by atoms with Crippen LogP contribution in [0, 0.1) is 0 Å². The maximum absolute atomic E-state index is 13.1. The van der Waals surface area contributed by atoms with Crippen LogP contribution < -0.4 is 5.32 Å². The topological polar surface area (TPSA) is 57.8 Å². The molecule has 0 atom stereocenters. The van der Waals surface area contributed by atoms with Gasteiger partial charge >= 0.3 is 0 Å². The first kappa shape index (κ1) is 16.4. The number of fused-ring (bicyclic) bond motifs is 1. The molecule has 0 spiro atoms. The third-order valence-electron chi connectivity index (χ3n) is 4.24. The van der Waals surface area contributed by atoms with Gasteiger partial charge in [0.2, 0.25) is 0 Å². The highest BCUT2D eigenvalue weighted by Gasteiger charge is 2.18. The first-order chi connectivity index (χ1) is 12.7. The summed E-state index contributed by atoms with van der Waals surface area (Å²) >= 11 is 6.10. The van der Waals surface area contributed by atoms with E-state index in [9.17, 15) is 4.79 Å². The smallest absolute Gasteiger partial charge is 0.198 e. The standard InChI is InChI=1S/C21H16ClN3O/c22-15-8-9-19-17(11-15)18(13-24-19)20(26)16-7-4-10-23-21(16)25-12-14-5-2-1-3-6-14/h1-11,13,24H,12H2,(H,23,25). The fourth-order valence-corrected chi connectivity index (χ4v) is 3.11. The van der Waals surface area contributed by atoms with Crippen LogP contribution in [0.15, 0.2) is 73.1 Å². The Balaban J connectivity index is 1.66. The lowest BCUT2D eigenvalue weighted by Gasteiger charge is -2.10. The van der Waals surface area contributed by atoms with E-state index in [1.165, 1.54) is 0 Å². The van der Waals surface area contributed by atoms with Crippen molar-refractivity contribution in [1.29, 1.82) is 0 Å². The summed E-state index contributed by atoms with van der Waals surface area (Å²) in [5.74, 6) is 0.472. The normalized spacial score (nSPS) is 10.8. The number of nitrogens with one attached hydrogen (secondary N) is 2. The Labute approximate surface area is 155 Å². The van der Waals surface area contributed by atoms with Gasteiger partial charge in [-0.1, -0.05) is 41.9 Å². The Bertz CT molecular complexity index is 1070. The Morgan fingerprint density at radius 2 is 1.88 bits per heavy atom. The molecular formula is C21H16ClN3O. The molecule has 0 unspecified atom stereocenters. The van der Waals surface area contributed by atoms with Crippen molar-refractivity contribution in [3.05, 3.63) is 94.8 Å². The van der Waals surface area contributed by atoms with Gasteiger partial charge in [0, 0.05) is 40.4 Å². The van der Waals surface area contributed by atoms with Crippen LogP contribution in [0.2, 0.25) is 5.02 Å². The molecule has 0 radical (unpaired) electrons. The summed E-state index contributed by atoms with van der Waals surface area (Å²) in [4.78, 5) is 20.6. The minimum absolute atomic E-state index is 0.0952. The number of nitrogens with zero attached hydrogens (tertiary/aromatic N) is 1. The van der Waals surface area contributed by atoms with Crippen molar-refractivity contribution in [3.8, 4) is 0 Å². The number of aromatic amines is 1. The van der Waals surface area contributed by atoms with E-state index in [1.54, 1.807) is 36.7 Å². The van der Waals surface area contributed by atoms with Gasteiger partial charge in [0.25, 0.3) is 0 Å². The monoisotopic (exact) mass is 361 g/mol. The Morgan fingerprint density at radius 1 is 1.04 bits per heavy atom. The number of H-pyrrole nitrogens is 1. The van der Waals surface area contributed by atoms with E-state index in [0.29, 0.717) is 28.5 Å². The number of ketones is 1. The van der Waals surface area contributed by atoms with E-state index in [4.69, 9.17) is 11.6 Å². The van der Waals surface area contributed by atoms with Gasteiger partial charge < -0.3 is 10.3 Å². The number of benzene rings is 2. The molecule has 0 amide bonds. The summed E-state index contributed by atoms with van der Waals surface area (Å²) in [6.07, 6.45) is 3.40. The fraction of sp³-hybridized carbons (Fsp3) is 0.0476. The molecule has 0 fully saturated rings. The Hall–Kier alpha value is -3.11. The molecule has 0 saturated carbocycles. The molecule has 26 heavy (non-hydrogen) atoms. The number of aromatic nitrogens is 2. The summed E-state index contributed by atoms with van der Waals surface area (Å²) < 4.78 is 0. The quantitative estimate of drug-likeness (QED) is 0.488. The van der Waals surface area contributed by atoms with Crippen LogP contribution in [0.5, 0.6) is 0 Å². The number of halogens is 1. The van der Waals surface area contributed by atoms with Gasteiger partial charge in [-0.3, -0.25) is 4.79 Å². The largest absolute Gasteiger partial charge is 0.365 e. The van der Waals surface area contributed by atoms with E-state index >= 15 is 0 Å². The maximum atomic E-state index is 13.1. The van der Waals surface area contributed by atoms with Gasteiger partial charge in [-0.15, -0.1) is 0 Å². The van der Waals surface area contributed by atoms with Gasteiger partial charge in [-0.2, -0.15) is 0 Å². The molecule has 0 aliphatic heterocycles. The van der Waals surface area contributed by atoms with Crippen LogP contribution in [0.1, 0.15) is 21.5 Å². The highest BCUT2D eigenvalue weighted by molar-refractivity contribution is 6.31. The highest BCUT2D eigenvalue weighted by Crippen LogP contribution is 2.26. The summed E-state index contributed by atoms with van der Waals surface area (Å²) in [5.41, 5.74) is 3.11. The van der Waals surface area contributed by atoms with Crippen LogP contribution >= 0.6 is 11.6 Å². The van der Waals surface area contributed by atoms with Crippen LogP contribution in [-0.4, -0.2) is 15.8 Å². The average molecular weight is 362 g/mol. The molecule has 2 N–H and O–H groups in total. The van der Waals surface area contributed by atoms with Crippen LogP contribution in [0.4, 0.5) is 5.82 Å². The minimum Gasteiger partial charge on any atom is -0.365 e. The van der Waals surface area contributed by atoms with Crippen LogP contribution in [0.25, 0.3) is 10.9 Å². The van der Waals surface area contributed by atoms with Gasteiger partial charge in [-0.25, -0.2) is 4.98 Å². The number of pyridine rings is 1. The molecule has 0 aliphatic carbocycles. The van der Waals surface area contributed by atoms with E-state index in [1.807, 2.05) is 36.4 Å². The number of carbonyl (C=O) groups is 1. The summed E-state index contributed by atoms with van der Waals surface area (Å²) in [6, 6.07) is 19.0. The Kier molecular flexibility index (Phi) is 4.42. The lowest BCUT2D eigenvalue weighted by Crippen LogP contribution is -2.09. The van der Waals surface area contributed by atoms with Crippen molar-refractivity contribution >= 4 is 34.1 Å². The second kappa shape index (κ2) is 7.02. The summed E-state index contributed by atoms with van der Waals surface area (Å²) in [6.45, 7) is 0.595. The first-order valence-corrected chi connectivity index (χ1v) is 8.64. The van der Waals surface area contributed by atoms with E-state index in [0.717, 1.165) is 16.5 Å². The van der Waals surface area contributed by atoms with Crippen LogP contribution in [0.3, 0.4) is 0 Å². The molecule has 0 aliphatic rings. The zero-order valence-electron chi connectivity index (χ0n) is 13.9. The number of rotatable bonds is 5. The van der Waals surface area contributed by atoms with Crippen molar-refractivity contribution in [2.24, 2.45) is 0 Å². The molecule has 0 bridgehead atoms. The SMILES string of the molecule is O=C(c1cccnc1NCc1ccccc1)c1c[nH]c2ccc(Cl)cc12. The van der Waals surface area contributed by atoms with Crippen molar-refractivity contribution in [2.45, 2.75) is 6.54 Å². The van der Waals surface area contributed by atoms with Crippen molar-refractivity contribution in [2.75, 3.05) is 5.32 Å². The van der Waals surface area contributed by atoms with Crippen LogP contribution in [-0.2, 0) is 6.54 Å². The third kappa shape index (κ3) is 3.19. The maximum Gasteiger partial charge on any atom is 0.198 e. The molecule has 2 heterocycles. The first-order valence-electron chi connectivity index (χ1n) is 8.26. The summed E-state index contributed by atoms with van der Waals surface area (Å²) in [7, 11) is 0. The molecule has 4 rings (SSSR count). The minimum atomic E-state index is -0.0952. The fourth-order valence-electron chi connectivity index (χ4n) is 2.94. The van der Waals surface area contributed by atoms with E-state index < -0.39 is 0 Å². The molecule has 4 nitrogen and oxygen atoms in total. The second-order valence-electron chi connectivity index (χ2n) is 5.96. The average Bonchev–Trinajstić information content (AvgIpc) is 3.10. The van der Waals surface area contributed by atoms with Gasteiger partial charge in [0.15, 0.2) is 5.78 Å². The van der Waals surface area contributed by atoms with Gasteiger partial charge in [0.1, 0.15) is 5.82 Å². The van der Waals surface area contributed by atoms with Crippen molar-refractivity contribution in [1.82, 2.24) is 9.97 Å².